The van der Waals surface area contributed by atoms with E-state index in [9.17, 15) is 14.4 Å². The average Bonchev–Trinajstić information content (AvgIpc) is 2.25. The Labute approximate surface area is 97.3 Å². The lowest BCUT2D eigenvalue weighted by Gasteiger charge is -2.01. The fourth-order valence-electron chi connectivity index (χ4n) is 1.06. The van der Waals surface area contributed by atoms with Gasteiger partial charge < -0.3 is 14.7 Å². The summed E-state index contributed by atoms with van der Waals surface area (Å²) < 4.78 is 5.15. The molecule has 0 radical (unpaired) electrons. The Morgan fingerprint density at radius 2 is 1.53 bits per heavy atom. The monoisotopic (exact) mass is 254 g/mol. The molecule has 0 saturated heterocycles. The summed E-state index contributed by atoms with van der Waals surface area (Å²) in [6.07, 6.45) is 2.27. The van der Waals surface area contributed by atoms with Crippen LogP contribution in [0.25, 0.3) is 0 Å². The van der Waals surface area contributed by atoms with Gasteiger partial charge in [0.15, 0.2) is 4.77 Å². The largest absolute Gasteiger partial charge is 0.443 e. The predicted molar refractivity (Wildman–Crippen MR) is 60.0 cm³/mol. The van der Waals surface area contributed by atoms with Crippen molar-refractivity contribution in [3.63, 3.8) is 0 Å². The maximum atomic E-state index is 11.4. The Morgan fingerprint density at radius 3 is 2.12 bits per heavy atom. The summed E-state index contributed by atoms with van der Waals surface area (Å²) in [5.74, 6) is -0.350. The van der Waals surface area contributed by atoms with Gasteiger partial charge in [0.1, 0.15) is 0 Å². The van der Waals surface area contributed by atoms with E-state index in [1.54, 1.807) is 0 Å². The van der Waals surface area contributed by atoms with E-state index < -0.39 is 16.8 Å². The first kappa shape index (κ1) is 11.1. The summed E-state index contributed by atoms with van der Waals surface area (Å²) in [6, 6.07) is 0. The van der Waals surface area contributed by atoms with Crippen molar-refractivity contribution in [2.45, 2.75) is 0 Å². The highest BCUT2D eigenvalue weighted by Crippen LogP contribution is 2.08. The lowest BCUT2D eigenvalue weighted by atomic mass is 10.5. The first-order valence-electron chi connectivity index (χ1n) is 4.38. The number of hydrogen-bond donors (Lipinski definition) is 4. The third kappa shape index (κ3) is 2.39. The third-order valence-electron chi connectivity index (χ3n) is 1.79. The van der Waals surface area contributed by atoms with Crippen molar-refractivity contribution in [3.8, 4) is 11.5 Å². The second kappa shape index (κ2) is 4.22. The fraction of sp³-hybridized carbons (Fsp3) is 0. The smallest absolute Gasteiger partial charge is 0.325 e. The molecule has 0 aliphatic heterocycles. The van der Waals surface area contributed by atoms with Gasteiger partial charge in [-0.2, -0.15) is 0 Å². The molecule has 0 unspecified atom stereocenters. The number of rotatable bonds is 2. The highest BCUT2D eigenvalue weighted by Gasteiger charge is 2.06. The van der Waals surface area contributed by atoms with Crippen LogP contribution in [0.1, 0.15) is 0 Å². The van der Waals surface area contributed by atoms with Gasteiger partial charge in [0.25, 0.3) is 11.1 Å². The molecule has 17 heavy (non-hydrogen) atoms. The predicted octanol–water partition coefficient (Wildman–Crippen LogP) is -0.399. The summed E-state index contributed by atoms with van der Waals surface area (Å²) in [6.45, 7) is 0. The Morgan fingerprint density at radius 1 is 0.941 bits per heavy atom. The molecule has 0 spiro atoms. The van der Waals surface area contributed by atoms with Gasteiger partial charge in [-0.3, -0.25) is 19.6 Å². The van der Waals surface area contributed by atoms with E-state index >= 15 is 0 Å². The normalized spacial score (nSPS) is 10.1. The topological polar surface area (TPSA) is 124 Å². The molecule has 0 aliphatic carbocycles. The highest BCUT2D eigenvalue weighted by molar-refractivity contribution is 7.71. The van der Waals surface area contributed by atoms with Crippen LogP contribution in [0.5, 0.6) is 11.5 Å². The summed E-state index contributed by atoms with van der Waals surface area (Å²) in [5.41, 5.74) is -1.99. The maximum Gasteiger partial charge on any atom is 0.325 e. The lowest BCUT2D eigenvalue weighted by Crippen LogP contribution is -2.23. The molecule has 88 valence electrons. The molecule has 0 aromatic carbocycles. The van der Waals surface area contributed by atoms with Crippen LogP contribution in [0, 0.1) is 4.77 Å². The van der Waals surface area contributed by atoms with Crippen LogP contribution in [0.3, 0.4) is 0 Å². The third-order valence-corrected chi connectivity index (χ3v) is 2.01. The van der Waals surface area contributed by atoms with Crippen LogP contribution in [0.4, 0.5) is 0 Å². The summed E-state index contributed by atoms with van der Waals surface area (Å²) in [5, 5.41) is 0. The minimum atomic E-state index is -0.740. The number of H-pyrrole nitrogens is 4. The van der Waals surface area contributed by atoms with Gasteiger partial charge in [0.05, 0.1) is 12.4 Å². The quantitative estimate of drug-likeness (QED) is 0.543. The Bertz CT molecular complexity index is 703. The molecule has 2 aromatic rings. The van der Waals surface area contributed by atoms with E-state index in [1.807, 2.05) is 4.98 Å². The van der Waals surface area contributed by atoms with Crippen LogP contribution in [0.2, 0.25) is 0 Å². The Kier molecular flexibility index (Phi) is 2.75. The molecule has 0 aliphatic rings. The number of hydrogen-bond acceptors (Lipinski definition) is 5. The second-order valence-electron chi connectivity index (χ2n) is 2.97. The van der Waals surface area contributed by atoms with Gasteiger partial charge in [-0.15, -0.1) is 0 Å². The lowest BCUT2D eigenvalue weighted by molar-refractivity contribution is 0.460. The van der Waals surface area contributed by atoms with Crippen molar-refractivity contribution in [2.24, 2.45) is 0 Å². The van der Waals surface area contributed by atoms with Crippen LogP contribution in [0.15, 0.2) is 26.8 Å². The van der Waals surface area contributed by atoms with E-state index in [2.05, 4.69) is 27.2 Å². The fourth-order valence-corrected chi connectivity index (χ4v) is 1.22. The molecule has 2 rings (SSSR count). The molecule has 0 atom stereocenters. The molecular weight excluding hydrogens is 248 g/mol. The molecule has 2 heterocycles. The van der Waals surface area contributed by atoms with Crippen molar-refractivity contribution >= 4 is 12.2 Å². The van der Waals surface area contributed by atoms with Crippen LogP contribution >= 0.6 is 12.2 Å². The average molecular weight is 254 g/mol. The zero-order valence-electron chi connectivity index (χ0n) is 8.20. The number of ether oxygens (including phenoxy) is 1. The van der Waals surface area contributed by atoms with Crippen molar-refractivity contribution in [1.29, 1.82) is 0 Å². The van der Waals surface area contributed by atoms with Crippen LogP contribution in [-0.4, -0.2) is 19.9 Å². The highest BCUT2D eigenvalue weighted by atomic mass is 32.1. The van der Waals surface area contributed by atoms with E-state index in [0.717, 1.165) is 6.20 Å². The SMILES string of the molecule is O=c1[nH]cc(Oc2c[nH]c(=S)[nH]c2=O)c(=O)[nH]1. The molecule has 9 heteroatoms. The second-order valence-corrected chi connectivity index (χ2v) is 3.38. The summed E-state index contributed by atoms with van der Waals surface area (Å²) >= 11 is 4.68. The molecule has 4 N–H and O–H groups in total. The van der Waals surface area contributed by atoms with Gasteiger partial charge in [-0.05, 0) is 12.2 Å². The zero-order chi connectivity index (χ0) is 12.4. The van der Waals surface area contributed by atoms with Gasteiger partial charge >= 0.3 is 5.69 Å². The zero-order valence-corrected chi connectivity index (χ0v) is 9.01. The van der Waals surface area contributed by atoms with Gasteiger partial charge in [0.2, 0.25) is 11.5 Å². The maximum absolute atomic E-state index is 11.4. The van der Waals surface area contributed by atoms with Gasteiger partial charge in [-0.25, -0.2) is 4.79 Å². The van der Waals surface area contributed by atoms with Crippen molar-refractivity contribution in [3.05, 3.63) is 48.4 Å². The molecule has 0 saturated carbocycles. The number of nitrogens with one attached hydrogen (secondary N) is 4. The molecule has 8 nitrogen and oxygen atoms in total. The standard InChI is InChI=1S/C8H6N4O4S/c13-5-3(1-9-7(15)11-5)16-4-2-10-8(17)12-6(4)14/h1-2H,(H2,9,11,13,15)(H2,10,12,14,17). The van der Waals surface area contributed by atoms with Gasteiger partial charge in [0, 0.05) is 0 Å². The molecule has 0 amide bonds. The van der Waals surface area contributed by atoms with Crippen LogP contribution in [-0.2, 0) is 0 Å². The van der Waals surface area contributed by atoms with Crippen molar-refractivity contribution in [1.82, 2.24) is 19.9 Å². The van der Waals surface area contributed by atoms with E-state index in [4.69, 9.17) is 4.74 Å². The molecule has 2 aromatic heterocycles. The summed E-state index contributed by atoms with van der Waals surface area (Å²) in [7, 11) is 0. The first-order valence-corrected chi connectivity index (χ1v) is 4.79. The Hall–Kier alpha value is -2.42. The van der Waals surface area contributed by atoms with E-state index in [0.29, 0.717) is 0 Å². The van der Waals surface area contributed by atoms with Crippen LogP contribution < -0.4 is 21.5 Å². The minimum Gasteiger partial charge on any atom is -0.443 e. The molecule has 0 bridgehead atoms. The van der Waals surface area contributed by atoms with Crippen molar-refractivity contribution in [2.75, 3.05) is 0 Å². The number of aromatic amines is 4. The minimum absolute atomic E-state index is 0.137. The Balaban J connectivity index is 2.45. The molecular formula is C8H6N4O4S. The first-order chi connectivity index (χ1) is 8.06. The number of aromatic nitrogens is 4. The van der Waals surface area contributed by atoms with Crippen molar-refractivity contribution < 1.29 is 4.74 Å². The van der Waals surface area contributed by atoms with Gasteiger partial charge in [-0.1, -0.05) is 0 Å². The van der Waals surface area contributed by atoms with E-state index in [-0.39, 0.29) is 16.3 Å². The summed E-state index contributed by atoms with van der Waals surface area (Å²) in [4.78, 5) is 42.4. The van der Waals surface area contributed by atoms with E-state index in [1.165, 1.54) is 6.20 Å². The molecule has 0 fully saturated rings.